The Bertz CT molecular complexity index is 957. The Labute approximate surface area is 201 Å². The number of para-hydroxylation sites is 1. The predicted molar refractivity (Wildman–Crippen MR) is 135 cm³/mol. The van der Waals surface area contributed by atoms with E-state index in [2.05, 4.69) is 58.3 Å². The zero-order valence-corrected chi connectivity index (χ0v) is 19.8. The van der Waals surface area contributed by atoms with E-state index in [-0.39, 0.29) is 6.10 Å². The van der Waals surface area contributed by atoms with Crippen molar-refractivity contribution in [3.05, 3.63) is 100 Å². The van der Waals surface area contributed by atoms with Gasteiger partial charge in [-0.05, 0) is 54.8 Å². The van der Waals surface area contributed by atoms with Crippen LogP contribution in [0.1, 0.15) is 30.1 Å². The number of rotatable bonds is 9. The molecule has 4 rings (SSSR count). The van der Waals surface area contributed by atoms with Crippen LogP contribution >= 0.6 is 23.2 Å². The predicted octanol–water partition coefficient (Wildman–Crippen LogP) is 6.70. The molecule has 168 valence electrons. The Morgan fingerprint density at radius 3 is 2.09 bits per heavy atom. The van der Waals surface area contributed by atoms with Gasteiger partial charge in [0.2, 0.25) is 0 Å². The Morgan fingerprint density at radius 1 is 0.719 bits per heavy atom. The first kappa shape index (κ1) is 23.1. The number of benzene rings is 3. The van der Waals surface area contributed by atoms with Crippen molar-refractivity contribution in [1.29, 1.82) is 0 Å². The highest BCUT2D eigenvalue weighted by molar-refractivity contribution is 6.33. The van der Waals surface area contributed by atoms with Crippen molar-refractivity contribution in [2.24, 2.45) is 0 Å². The van der Waals surface area contributed by atoms with Crippen LogP contribution in [0, 0.1) is 0 Å². The number of ether oxygens (including phenoxy) is 1. The van der Waals surface area contributed by atoms with Gasteiger partial charge in [0, 0.05) is 37.8 Å². The maximum atomic E-state index is 6.36. The molecule has 0 saturated carbocycles. The second kappa shape index (κ2) is 11.7. The van der Waals surface area contributed by atoms with Gasteiger partial charge in [-0.1, -0.05) is 77.8 Å². The van der Waals surface area contributed by atoms with E-state index in [1.54, 1.807) is 0 Å². The van der Waals surface area contributed by atoms with Gasteiger partial charge in [0.05, 0.1) is 10.7 Å². The fourth-order valence-corrected chi connectivity index (χ4v) is 4.59. The summed E-state index contributed by atoms with van der Waals surface area (Å²) < 4.78 is 6.35. The van der Waals surface area contributed by atoms with Gasteiger partial charge in [-0.15, -0.1) is 0 Å². The minimum atomic E-state index is -0.0624. The highest BCUT2D eigenvalue weighted by Gasteiger charge is 2.19. The fraction of sp³-hybridized carbons (Fsp3) is 0.333. The molecule has 1 unspecified atom stereocenters. The number of unbranched alkanes of at least 4 members (excludes halogenated alkanes) is 1. The summed E-state index contributed by atoms with van der Waals surface area (Å²) in [5.41, 5.74) is 3.46. The quantitative estimate of drug-likeness (QED) is 0.324. The normalized spacial score (nSPS) is 15.6. The van der Waals surface area contributed by atoms with Crippen molar-refractivity contribution >= 4 is 28.9 Å². The Kier molecular flexibility index (Phi) is 8.47. The molecule has 3 aromatic carbocycles. The summed E-state index contributed by atoms with van der Waals surface area (Å²) in [7, 11) is 0. The molecule has 0 spiro atoms. The molecule has 1 atom stereocenters. The van der Waals surface area contributed by atoms with Gasteiger partial charge >= 0.3 is 0 Å². The standard InChI is InChI=1S/C27H30Cl2N2O/c28-24-14-12-23(13-15-24)27(22-8-2-1-3-9-22)32-21-7-6-16-30-17-19-31(20-18-30)26-11-5-4-10-25(26)29/h1-5,8-15,27H,6-7,16-21H2. The molecule has 0 amide bonds. The number of nitrogens with zero attached hydrogens (tertiary/aromatic N) is 2. The Balaban J connectivity index is 1.22. The molecule has 5 heteroatoms. The van der Waals surface area contributed by atoms with Crippen LogP contribution in [-0.4, -0.2) is 44.2 Å². The largest absolute Gasteiger partial charge is 0.369 e. The Morgan fingerprint density at radius 2 is 1.38 bits per heavy atom. The van der Waals surface area contributed by atoms with Crippen LogP contribution in [0.5, 0.6) is 0 Å². The van der Waals surface area contributed by atoms with Crippen molar-refractivity contribution in [2.75, 3.05) is 44.2 Å². The summed E-state index contributed by atoms with van der Waals surface area (Å²) in [4.78, 5) is 4.93. The lowest BCUT2D eigenvalue weighted by Crippen LogP contribution is -2.46. The zero-order valence-electron chi connectivity index (χ0n) is 18.3. The van der Waals surface area contributed by atoms with E-state index in [4.69, 9.17) is 27.9 Å². The van der Waals surface area contributed by atoms with E-state index in [9.17, 15) is 0 Å². The minimum absolute atomic E-state index is 0.0624. The first-order chi connectivity index (χ1) is 15.7. The SMILES string of the molecule is Clc1ccc(C(OCCCCN2CCN(c3ccccc3Cl)CC2)c2ccccc2)cc1. The molecule has 1 saturated heterocycles. The number of hydrogen-bond acceptors (Lipinski definition) is 3. The summed E-state index contributed by atoms with van der Waals surface area (Å²) in [6.07, 6.45) is 2.11. The van der Waals surface area contributed by atoms with Crippen molar-refractivity contribution in [3.63, 3.8) is 0 Å². The molecule has 0 aromatic heterocycles. The van der Waals surface area contributed by atoms with Gasteiger partial charge in [-0.3, -0.25) is 4.90 Å². The zero-order chi connectivity index (χ0) is 22.2. The third-order valence-corrected chi connectivity index (χ3v) is 6.57. The van der Waals surface area contributed by atoms with Crippen LogP contribution in [0.25, 0.3) is 0 Å². The van der Waals surface area contributed by atoms with E-state index >= 15 is 0 Å². The summed E-state index contributed by atoms with van der Waals surface area (Å²) in [6, 6.07) is 26.5. The number of hydrogen-bond donors (Lipinski definition) is 0. The molecular formula is C27H30Cl2N2O. The van der Waals surface area contributed by atoms with Gasteiger partial charge in [0.1, 0.15) is 6.10 Å². The summed E-state index contributed by atoms with van der Waals surface area (Å²) in [5, 5.41) is 1.59. The van der Waals surface area contributed by atoms with E-state index in [1.165, 1.54) is 5.56 Å². The average Bonchev–Trinajstić information content (AvgIpc) is 2.84. The van der Waals surface area contributed by atoms with E-state index < -0.39 is 0 Å². The molecule has 1 heterocycles. The number of anilines is 1. The molecule has 0 radical (unpaired) electrons. The molecule has 1 fully saturated rings. The van der Waals surface area contributed by atoms with E-state index in [1.807, 2.05) is 30.3 Å². The van der Waals surface area contributed by atoms with Crippen molar-refractivity contribution in [2.45, 2.75) is 18.9 Å². The monoisotopic (exact) mass is 468 g/mol. The fourth-order valence-electron chi connectivity index (χ4n) is 4.21. The molecule has 3 aromatic rings. The molecule has 0 aliphatic carbocycles. The lowest BCUT2D eigenvalue weighted by molar-refractivity contribution is 0.0751. The lowest BCUT2D eigenvalue weighted by Gasteiger charge is -2.36. The molecule has 1 aliphatic rings. The topological polar surface area (TPSA) is 15.7 Å². The Hall–Kier alpha value is -2.04. The molecule has 0 bridgehead atoms. The molecular weight excluding hydrogens is 439 g/mol. The second-order valence-corrected chi connectivity index (χ2v) is 9.04. The van der Waals surface area contributed by atoms with Crippen molar-refractivity contribution in [1.82, 2.24) is 4.90 Å². The third kappa shape index (κ3) is 6.26. The maximum Gasteiger partial charge on any atom is 0.108 e. The highest BCUT2D eigenvalue weighted by atomic mass is 35.5. The van der Waals surface area contributed by atoms with Crippen LogP contribution in [0.2, 0.25) is 10.0 Å². The van der Waals surface area contributed by atoms with Crippen molar-refractivity contribution < 1.29 is 4.74 Å². The first-order valence-electron chi connectivity index (χ1n) is 11.3. The van der Waals surface area contributed by atoms with Gasteiger partial charge < -0.3 is 9.64 Å². The first-order valence-corrected chi connectivity index (χ1v) is 12.1. The molecule has 1 aliphatic heterocycles. The van der Waals surface area contributed by atoms with Crippen LogP contribution in [0.3, 0.4) is 0 Å². The maximum absolute atomic E-state index is 6.36. The molecule has 0 N–H and O–H groups in total. The highest BCUT2D eigenvalue weighted by Crippen LogP contribution is 2.28. The smallest absolute Gasteiger partial charge is 0.108 e. The van der Waals surface area contributed by atoms with Crippen molar-refractivity contribution in [3.8, 4) is 0 Å². The number of halogens is 2. The second-order valence-electron chi connectivity index (χ2n) is 8.20. The van der Waals surface area contributed by atoms with Crippen LogP contribution < -0.4 is 4.90 Å². The molecule has 3 nitrogen and oxygen atoms in total. The van der Waals surface area contributed by atoms with Crippen LogP contribution in [0.4, 0.5) is 5.69 Å². The van der Waals surface area contributed by atoms with Gasteiger partial charge in [0.25, 0.3) is 0 Å². The van der Waals surface area contributed by atoms with Gasteiger partial charge in [0.15, 0.2) is 0 Å². The minimum Gasteiger partial charge on any atom is -0.369 e. The summed E-state index contributed by atoms with van der Waals surface area (Å²) in [6.45, 7) is 6.03. The average molecular weight is 469 g/mol. The van der Waals surface area contributed by atoms with Gasteiger partial charge in [-0.25, -0.2) is 0 Å². The summed E-state index contributed by atoms with van der Waals surface area (Å²) >= 11 is 12.4. The number of piperazine rings is 1. The van der Waals surface area contributed by atoms with Gasteiger partial charge in [-0.2, -0.15) is 0 Å². The van der Waals surface area contributed by atoms with E-state index in [0.717, 1.165) is 73.5 Å². The summed E-state index contributed by atoms with van der Waals surface area (Å²) in [5.74, 6) is 0. The van der Waals surface area contributed by atoms with Crippen LogP contribution in [0.15, 0.2) is 78.9 Å². The molecule has 32 heavy (non-hydrogen) atoms. The third-order valence-electron chi connectivity index (χ3n) is 5.99. The van der Waals surface area contributed by atoms with Crippen LogP contribution in [-0.2, 0) is 4.74 Å². The van der Waals surface area contributed by atoms with E-state index in [0.29, 0.717) is 0 Å². The lowest BCUT2D eigenvalue weighted by atomic mass is 10.0.